The van der Waals surface area contributed by atoms with Crippen LogP contribution in [0.3, 0.4) is 0 Å². The number of hydrogen-bond donors (Lipinski definition) is 2. The molecule has 0 spiro atoms. The van der Waals surface area contributed by atoms with Gasteiger partial charge in [-0.15, -0.1) is 0 Å². The second kappa shape index (κ2) is 7.01. The van der Waals surface area contributed by atoms with Crippen molar-refractivity contribution < 1.29 is 9.53 Å². The van der Waals surface area contributed by atoms with Crippen molar-refractivity contribution in [3.63, 3.8) is 0 Å². The van der Waals surface area contributed by atoms with Crippen molar-refractivity contribution in [1.82, 2.24) is 5.32 Å². The van der Waals surface area contributed by atoms with Gasteiger partial charge in [-0.1, -0.05) is 18.2 Å². The summed E-state index contributed by atoms with van der Waals surface area (Å²) in [4.78, 5) is 12.7. The van der Waals surface area contributed by atoms with Gasteiger partial charge in [0.25, 0.3) is 5.91 Å². The third kappa shape index (κ3) is 4.14. The monoisotopic (exact) mass is 317 g/mol. The molecule has 2 rings (SSSR count). The molecule has 2 aromatic rings. The number of amides is 1. The number of ether oxygens (including phenoxy) is 1. The topological polar surface area (TPSA) is 50.4 Å². The predicted molar refractivity (Wildman–Crippen MR) is 88.8 cm³/mol. The first-order chi connectivity index (χ1) is 10.1. The fourth-order valence-electron chi connectivity index (χ4n) is 1.64. The van der Waals surface area contributed by atoms with Gasteiger partial charge in [0.1, 0.15) is 5.75 Å². The molecule has 0 bridgehead atoms. The summed E-state index contributed by atoms with van der Waals surface area (Å²) in [6.45, 7) is 0. The number of carbonyl (C=O) groups is 1. The number of anilines is 1. The summed E-state index contributed by atoms with van der Waals surface area (Å²) in [6, 6.07) is 14.0. The second-order valence-electron chi connectivity index (χ2n) is 4.13. The zero-order chi connectivity index (χ0) is 15.2. The normalized spacial score (nSPS) is 9.76. The van der Waals surface area contributed by atoms with Crippen LogP contribution in [0, 0.1) is 0 Å². The molecule has 0 aliphatic rings. The number of carbonyl (C=O) groups excluding carboxylic acids is 1. The molecule has 2 aromatic carbocycles. The predicted octanol–water partition coefficient (Wildman–Crippen LogP) is 2.73. The third-order valence-electron chi connectivity index (χ3n) is 2.71. The van der Waals surface area contributed by atoms with Gasteiger partial charge in [0, 0.05) is 11.3 Å². The smallest absolute Gasteiger partial charge is 0.257 e. The largest absolute Gasteiger partial charge is 0.778 e. The van der Waals surface area contributed by atoms with Gasteiger partial charge in [-0.3, -0.25) is 10.1 Å². The molecular weight excluding hydrogens is 304 g/mol. The van der Waals surface area contributed by atoms with E-state index in [-0.39, 0.29) is 11.0 Å². The standard InChI is InChI=1S/C15H14N2O2S2/c1-19-11-8-6-10(7-9-11)14(18)17-15(21)16-12-4-2-3-5-13(12)20/h2-9,20H,1H3,(H2,16,17,18,21)/p-1. The Hall–Kier alpha value is -2.18. The van der Waals surface area contributed by atoms with Gasteiger partial charge in [-0.05, 0) is 42.5 Å². The van der Waals surface area contributed by atoms with Gasteiger partial charge < -0.3 is 22.7 Å². The number of hydrogen-bond acceptors (Lipinski definition) is 4. The average Bonchev–Trinajstić information content (AvgIpc) is 2.49. The molecule has 0 aromatic heterocycles. The van der Waals surface area contributed by atoms with Crippen molar-refractivity contribution >= 4 is 41.6 Å². The second-order valence-corrected chi connectivity index (χ2v) is 4.98. The van der Waals surface area contributed by atoms with E-state index in [1.54, 1.807) is 43.5 Å². The Morgan fingerprint density at radius 2 is 1.81 bits per heavy atom. The van der Waals surface area contributed by atoms with Crippen molar-refractivity contribution in [2.24, 2.45) is 0 Å². The summed E-state index contributed by atoms with van der Waals surface area (Å²) >= 11 is 10.3. The molecule has 0 aliphatic carbocycles. The van der Waals surface area contributed by atoms with E-state index in [9.17, 15) is 4.79 Å². The molecule has 0 radical (unpaired) electrons. The minimum Gasteiger partial charge on any atom is -0.778 e. The molecule has 0 saturated carbocycles. The van der Waals surface area contributed by atoms with E-state index in [0.29, 0.717) is 21.9 Å². The van der Waals surface area contributed by atoms with Crippen LogP contribution in [0.4, 0.5) is 5.69 Å². The summed E-state index contributed by atoms with van der Waals surface area (Å²) in [5.74, 6) is 0.393. The molecular formula is C15H13N2O2S2-. The van der Waals surface area contributed by atoms with Gasteiger partial charge in [0.2, 0.25) is 0 Å². The maximum Gasteiger partial charge on any atom is 0.257 e. The van der Waals surface area contributed by atoms with Gasteiger partial charge in [-0.2, -0.15) is 4.90 Å². The SMILES string of the molecule is COc1ccc(C(=O)NC(=S)Nc2ccccc2[S-])cc1. The van der Waals surface area contributed by atoms with Gasteiger partial charge in [0.05, 0.1) is 7.11 Å². The Kier molecular flexibility index (Phi) is 5.08. The Labute approximate surface area is 133 Å². The molecule has 21 heavy (non-hydrogen) atoms. The van der Waals surface area contributed by atoms with E-state index < -0.39 is 0 Å². The fourth-order valence-corrected chi connectivity index (χ4v) is 2.04. The Bertz CT molecular complexity index is 657. The molecule has 0 heterocycles. The van der Waals surface area contributed by atoms with Crippen LogP contribution in [0.15, 0.2) is 53.4 Å². The lowest BCUT2D eigenvalue weighted by Gasteiger charge is -2.16. The molecule has 6 heteroatoms. The first-order valence-electron chi connectivity index (χ1n) is 6.12. The number of rotatable bonds is 3. The Balaban J connectivity index is 1.98. The third-order valence-corrected chi connectivity index (χ3v) is 3.27. The summed E-state index contributed by atoms with van der Waals surface area (Å²) in [5, 5.41) is 5.71. The van der Waals surface area contributed by atoms with E-state index in [0.717, 1.165) is 0 Å². The van der Waals surface area contributed by atoms with Crippen LogP contribution in [0.1, 0.15) is 10.4 Å². The van der Waals surface area contributed by atoms with Gasteiger partial charge in [-0.25, -0.2) is 0 Å². The molecule has 0 atom stereocenters. The van der Waals surface area contributed by atoms with Crippen LogP contribution >= 0.6 is 12.2 Å². The highest BCUT2D eigenvalue weighted by Gasteiger charge is 2.08. The van der Waals surface area contributed by atoms with Crippen LogP contribution in [-0.4, -0.2) is 18.1 Å². The molecule has 2 N–H and O–H groups in total. The lowest BCUT2D eigenvalue weighted by Crippen LogP contribution is -2.34. The average molecular weight is 317 g/mol. The molecule has 0 fully saturated rings. The molecule has 1 amide bonds. The highest BCUT2D eigenvalue weighted by atomic mass is 32.1. The lowest BCUT2D eigenvalue weighted by atomic mass is 10.2. The zero-order valence-corrected chi connectivity index (χ0v) is 12.9. The van der Waals surface area contributed by atoms with E-state index in [4.69, 9.17) is 29.6 Å². The number of benzene rings is 2. The van der Waals surface area contributed by atoms with Gasteiger partial charge >= 0.3 is 0 Å². The van der Waals surface area contributed by atoms with E-state index >= 15 is 0 Å². The molecule has 0 unspecified atom stereocenters. The van der Waals surface area contributed by atoms with Crippen LogP contribution < -0.4 is 15.4 Å². The number of para-hydroxylation sites is 1. The van der Waals surface area contributed by atoms with Crippen molar-refractivity contribution in [3.8, 4) is 5.75 Å². The fraction of sp³-hybridized carbons (Fsp3) is 0.0667. The summed E-state index contributed by atoms with van der Waals surface area (Å²) < 4.78 is 5.04. The van der Waals surface area contributed by atoms with Crippen LogP contribution in [-0.2, 0) is 12.6 Å². The minimum atomic E-state index is -0.294. The number of thiocarbonyl (C=S) groups is 1. The van der Waals surface area contributed by atoms with Crippen LogP contribution in [0.5, 0.6) is 5.75 Å². The summed E-state index contributed by atoms with van der Waals surface area (Å²) in [7, 11) is 1.57. The zero-order valence-electron chi connectivity index (χ0n) is 11.3. The summed E-state index contributed by atoms with van der Waals surface area (Å²) in [5.41, 5.74) is 1.18. The lowest BCUT2D eigenvalue weighted by molar-refractivity contribution is 0.0977. The first-order valence-corrected chi connectivity index (χ1v) is 6.94. The number of methoxy groups -OCH3 is 1. The molecule has 4 nitrogen and oxygen atoms in total. The molecule has 108 valence electrons. The molecule has 0 saturated heterocycles. The van der Waals surface area contributed by atoms with Crippen LogP contribution in [0.25, 0.3) is 0 Å². The van der Waals surface area contributed by atoms with Crippen molar-refractivity contribution in [2.75, 3.05) is 12.4 Å². The maximum absolute atomic E-state index is 12.0. The quantitative estimate of drug-likeness (QED) is 0.673. The maximum atomic E-state index is 12.0. The Morgan fingerprint density at radius 1 is 1.14 bits per heavy atom. The first kappa shape index (κ1) is 15.2. The van der Waals surface area contributed by atoms with Gasteiger partial charge in [0.15, 0.2) is 5.11 Å². The van der Waals surface area contributed by atoms with E-state index in [1.165, 1.54) is 0 Å². The van der Waals surface area contributed by atoms with Crippen molar-refractivity contribution in [1.29, 1.82) is 0 Å². The minimum absolute atomic E-state index is 0.202. The summed E-state index contributed by atoms with van der Waals surface area (Å²) in [6.07, 6.45) is 0. The van der Waals surface area contributed by atoms with Crippen molar-refractivity contribution in [2.45, 2.75) is 4.90 Å². The Morgan fingerprint density at radius 3 is 2.43 bits per heavy atom. The molecule has 0 aliphatic heterocycles. The van der Waals surface area contributed by atoms with Crippen LogP contribution in [0.2, 0.25) is 0 Å². The van der Waals surface area contributed by atoms with E-state index in [1.807, 2.05) is 12.1 Å². The highest BCUT2D eigenvalue weighted by molar-refractivity contribution is 7.80. The van der Waals surface area contributed by atoms with E-state index in [2.05, 4.69) is 10.6 Å². The highest BCUT2D eigenvalue weighted by Crippen LogP contribution is 2.14. The van der Waals surface area contributed by atoms with Crippen molar-refractivity contribution in [3.05, 3.63) is 54.1 Å². The number of nitrogens with one attached hydrogen (secondary N) is 2.